The summed E-state index contributed by atoms with van der Waals surface area (Å²) >= 11 is 0. The third-order valence-corrected chi connectivity index (χ3v) is 3.51. The van der Waals surface area contributed by atoms with Gasteiger partial charge in [0.25, 0.3) is 0 Å². The number of hydrogen-bond acceptors (Lipinski definition) is 5. The summed E-state index contributed by atoms with van der Waals surface area (Å²) in [6.07, 6.45) is 1.17. The highest BCUT2D eigenvalue weighted by molar-refractivity contribution is 5.50. The first-order valence-electron chi connectivity index (χ1n) is 6.94. The Labute approximate surface area is 115 Å². The van der Waals surface area contributed by atoms with E-state index in [1.807, 2.05) is 13.1 Å². The first kappa shape index (κ1) is 14.1. The van der Waals surface area contributed by atoms with Crippen LogP contribution in [0.4, 0.5) is 11.6 Å². The number of nitrogens with zero attached hydrogens (tertiary/aromatic N) is 3. The Hall–Kier alpha value is -1.36. The molecule has 19 heavy (non-hydrogen) atoms. The van der Waals surface area contributed by atoms with E-state index in [1.54, 1.807) is 7.11 Å². The molecule has 2 heterocycles. The molecule has 0 amide bonds. The fraction of sp³-hybridized carbons (Fsp3) is 0.714. The highest BCUT2D eigenvalue weighted by Gasteiger charge is 2.24. The molecular weight excluding hydrogens is 240 g/mol. The lowest BCUT2D eigenvalue weighted by Gasteiger charge is -2.19. The van der Waals surface area contributed by atoms with Crippen molar-refractivity contribution < 1.29 is 4.74 Å². The summed E-state index contributed by atoms with van der Waals surface area (Å²) < 4.78 is 5.25. The first-order valence-corrected chi connectivity index (χ1v) is 6.94. The summed E-state index contributed by atoms with van der Waals surface area (Å²) in [6.45, 7) is 7.14. The zero-order valence-corrected chi connectivity index (χ0v) is 12.3. The minimum atomic E-state index is 0.337. The quantitative estimate of drug-likeness (QED) is 0.882. The fourth-order valence-corrected chi connectivity index (χ4v) is 2.41. The predicted molar refractivity (Wildman–Crippen MR) is 77.9 cm³/mol. The van der Waals surface area contributed by atoms with Crippen LogP contribution in [0.15, 0.2) is 6.07 Å². The lowest BCUT2D eigenvalue weighted by Crippen LogP contribution is -2.23. The van der Waals surface area contributed by atoms with E-state index in [1.165, 1.54) is 6.42 Å². The van der Waals surface area contributed by atoms with Gasteiger partial charge in [-0.2, -0.15) is 0 Å². The average molecular weight is 264 g/mol. The molecule has 0 saturated carbocycles. The number of methoxy groups -OCH3 is 1. The third kappa shape index (κ3) is 3.35. The smallest absolute Gasteiger partial charge is 0.135 e. The molecule has 5 heteroatoms. The van der Waals surface area contributed by atoms with Crippen molar-refractivity contribution in [1.29, 1.82) is 0 Å². The number of nitrogens with one attached hydrogen (secondary N) is 1. The molecule has 2 rings (SSSR count). The van der Waals surface area contributed by atoms with Gasteiger partial charge in [-0.3, -0.25) is 0 Å². The second-order valence-electron chi connectivity index (χ2n) is 5.43. The summed E-state index contributed by atoms with van der Waals surface area (Å²) in [5.74, 6) is 3.77. The zero-order chi connectivity index (χ0) is 13.8. The number of hydrogen-bond donors (Lipinski definition) is 1. The van der Waals surface area contributed by atoms with Crippen molar-refractivity contribution in [3.05, 3.63) is 11.9 Å². The molecule has 1 aromatic heterocycles. The van der Waals surface area contributed by atoms with Gasteiger partial charge in [-0.15, -0.1) is 0 Å². The molecule has 1 N–H and O–H groups in total. The van der Waals surface area contributed by atoms with Crippen LogP contribution in [0.3, 0.4) is 0 Å². The van der Waals surface area contributed by atoms with Crippen LogP contribution in [0.25, 0.3) is 0 Å². The van der Waals surface area contributed by atoms with Crippen LogP contribution in [-0.2, 0) is 4.74 Å². The Morgan fingerprint density at radius 3 is 2.89 bits per heavy atom. The van der Waals surface area contributed by atoms with E-state index in [0.29, 0.717) is 11.8 Å². The zero-order valence-electron chi connectivity index (χ0n) is 12.3. The number of aromatic nitrogens is 2. The van der Waals surface area contributed by atoms with E-state index in [-0.39, 0.29) is 0 Å². The van der Waals surface area contributed by atoms with Crippen molar-refractivity contribution >= 4 is 11.6 Å². The monoisotopic (exact) mass is 264 g/mol. The molecule has 0 spiro atoms. The standard InChI is InChI=1S/C14H24N4O/c1-10(2)14-16-12(15-3)7-13(17-14)18-6-5-11(8-18)9-19-4/h7,10-11H,5-6,8-9H2,1-4H3,(H,15,16,17). The van der Waals surface area contributed by atoms with E-state index in [4.69, 9.17) is 9.72 Å². The number of ether oxygens (including phenoxy) is 1. The van der Waals surface area contributed by atoms with Crippen LogP contribution >= 0.6 is 0 Å². The molecule has 1 saturated heterocycles. The van der Waals surface area contributed by atoms with Gasteiger partial charge in [0.15, 0.2) is 0 Å². The topological polar surface area (TPSA) is 50.3 Å². The largest absolute Gasteiger partial charge is 0.384 e. The molecule has 1 aliphatic heterocycles. The second kappa shape index (κ2) is 6.19. The van der Waals surface area contributed by atoms with Crippen molar-refractivity contribution in [1.82, 2.24) is 9.97 Å². The molecule has 1 aromatic rings. The van der Waals surface area contributed by atoms with Crippen molar-refractivity contribution in [2.24, 2.45) is 5.92 Å². The molecule has 106 valence electrons. The third-order valence-electron chi connectivity index (χ3n) is 3.51. The van der Waals surface area contributed by atoms with Crippen LogP contribution in [0.5, 0.6) is 0 Å². The highest BCUT2D eigenvalue weighted by Crippen LogP contribution is 2.25. The Bertz CT molecular complexity index is 422. The Morgan fingerprint density at radius 1 is 1.47 bits per heavy atom. The summed E-state index contributed by atoms with van der Waals surface area (Å²) in [6, 6.07) is 2.03. The summed E-state index contributed by atoms with van der Waals surface area (Å²) in [4.78, 5) is 11.5. The number of anilines is 2. The molecule has 1 aliphatic rings. The minimum absolute atomic E-state index is 0.337. The van der Waals surface area contributed by atoms with E-state index in [9.17, 15) is 0 Å². The van der Waals surface area contributed by atoms with Gasteiger partial charge in [-0.05, 0) is 6.42 Å². The maximum absolute atomic E-state index is 5.25. The van der Waals surface area contributed by atoms with Crippen molar-refractivity contribution in [2.45, 2.75) is 26.2 Å². The van der Waals surface area contributed by atoms with E-state index in [2.05, 4.69) is 29.0 Å². The molecular formula is C14H24N4O. The molecule has 0 aromatic carbocycles. The van der Waals surface area contributed by atoms with Gasteiger partial charge < -0.3 is 15.0 Å². The van der Waals surface area contributed by atoms with E-state index in [0.717, 1.165) is 37.2 Å². The molecule has 1 atom stereocenters. The lowest BCUT2D eigenvalue weighted by molar-refractivity contribution is 0.161. The van der Waals surface area contributed by atoms with Crippen LogP contribution in [0, 0.1) is 5.92 Å². The molecule has 5 nitrogen and oxygen atoms in total. The SMILES string of the molecule is CNc1cc(N2CCC(COC)C2)nc(C(C)C)n1. The summed E-state index contributed by atoms with van der Waals surface area (Å²) in [5.41, 5.74) is 0. The van der Waals surface area contributed by atoms with Crippen molar-refractivity contribution in [2.75, 3.05) is 44.1 Å². The maximum atomic E-state index is 5.25. The first-order chi connectivity index (χ1) is 9.13. The van der Waals surface area contributed by atoms with E-state index >= 15 is 0 Å². The van der Waals surface area contributed by atoms with Gasteiger partial charge in [-0.1, -0.05) is 13.8 Å². The molecule has 0 radical (unpaired) electrons. The van der Waals surface area contributed by atoms with Crippen molar-refractivity contribution in [3.63, 3.8) is 0 Å². The van der Waals surface area contributed by atoms with Crippen LogP contribution < -0.4 is 10.2 Å². The van der Waals surface area contributed by atoms with Crippen LogP contribution in [0.1, 0.15) is 32.0 Å². The van der Waals surface area contributed by atoms with Crippen molar-refractivity contribution in [3.8, 4) is 0 Å². The van der Waals surface area contributed by atoms with Gasteiger partial charge in [0.05, 0.1) is 6.61 Å². The Morgan fingerprint density at radius 2 is 2.26 bits per heavy atom. The van der Waals surface area contributed by atoms with Gasteiger partial charge in [0, 0.05) is 45.1 Å². The molecule has 1 unspecified atom stereocenters. The minimum Gasteiger partial charge on any atom is -0.384 e. The number of rotatable bonds is 5. The predicted octanol–water partition coefficient (Wildman–Crippen LogP) is 2.11. The maximum Gasteiger partial charge on any atom is 0.135 e. The fourth-order valence-electron chi connectivity index (χ4n) is 2.41. The summed E-state index contributed by atoms with van der Waals surface area (Å²) in [5, 5.41) is 3.12. The second-order valence-corrected chi connectivity index (χ2v) is 5.43. The highest BCUT2D eigenvalue weighted by atomic mass is 16.5. The van der Waals surface area contributed by atoms with Gasteiger partial charge >= 0.3 is 0 Å². The lowest BCUT2D eigenvalue weighted by atomic mass is 10.1. The van der Waals surface area contributed by atoms with Gasteiger partial charge in [0.1, 0.15) is 17.5 Å². The molecule has 0 bridgehead atoms. The Kier molecular flexibility index (Phi) is 4.58. The average Bonchev–Trinajstić information content (AvgIpc) is 2.87. The molecule has 1 fully saturated rings. The van der Waals surface area contributed by atoms with Gasteiger partial charge in [-0.25, -0.2) is 9.97 Å². The normalized spacial score (nSPS) is 19.2. The van der Waals surface area contributed by atoms with Crippen LogP contribution in [-0.4, -0.2) is 43.8 Å². The summed E-state index contributed by atoms with van der Waals surface area (Å²) in [7, 11) is 3.66. The molecule has 0 aliphatic carbocycles. The van der Waals surface area contributed by atoms with Gasteiger partial charge in [0.2, 0.25) is 0 Å². The van der Waals surface area contributed by atoms with E-state index < -0.39 is 0 Å². The Balaban J connectivity index is 2.17. The van der Waals surface area contributed by atoms with Crippen LogP contribution in [0.2, 0.25) is 0 Å².